The average molecular weight is 372 g/mol. The van der Waals surface area contributed by atoms with E-state index in [0.29, 0.717) is 22.8 Å². The number of piperazine rings is 1. The third-order valence-electron chi connectivity index (χ3n) is 4.08. The Balaban J connectivity index is 1.82. The van der Waals surface area contributed by atoms with Gasteiger partial charge < -0.3 is 10.2 Å². The van der Waals surface area contributed by atoms with Gasteiger partial charge in [-0.2, -0.15) is 18.3 Å². The zero-order valence-corrected chi connectivity index (χ0v) is 14.9. The van der Waals surface area contributed by atoms with Crippen LogP contribution in [0.1, 0.15) is 29.2 Å². The molecule has 136 valence electrons. The molecule has 1 amide bonds. The minimum Gasteiger partial charge on any atom is -0.335 e. The first-order valence-corrected chi connectivity index (χ1v) is 8.73. The Bertz CT molecular complexity index is 773. The van der Waals surface area contributed by atoms with Crippen molar-refractivity contribution in [1.29, 1.82) is 0 Å². The molecule has 1 aliphatic rings. The molecule has 0 unspecified atom stereocenters. The van der Waals surface area contributed by atoms with Crippen molar-refractivity contribution in [2.45, 2.75) is 32.1 Å². The van der Waals surface area contributed by atoms with E-state index in [-0.39, 0.29) is 23.7 Å². The van der Waals surface area contributed by atoms with Crippen molar-refractivity contribution in [3.05, 3.63) is 28.8 Å². The van der Waals surface area contributed by atoms with Crippen molar-refractivity contribution in [3.63, 3.8) is 0 Å². The summed E-state index contributed by atoms with van der Waals surface area (Å²) in [6.07, 6.45) is -4.46. The lowest BCUT2D eigenvalue weighted by Gasteiger charge is -2.35. The highest BCUT2D eigenvalue weighted by atomic mass is 32.1. The zero-order chi connectivity index (χ0) is 18.4. The van der Waals surface area contributed by atoms with Gasteiger partial charge in [-0.15, -0.1) is 11.3 Å². The normalized spacial score (nSPS) is 21.6. The van der Waals surface area contributed by atoms with E-state index in [1.807, 2.05) is 13.8 Å². The number of aromatic nitrogens is 2. The van der Waals surface area contributed by atoms with Crippen molar-refractivity contribution in [1.82, 2.24) is 20.0 Å². The first kappa shape index (κ1) is 17.9. The van der Waals surface area contributed by atoms with Crippen LogP contribution < -0.4 is 5.32 Å². The van der Waals surface area contributed by atoms with Crippen molar-refractivity contribution in [2.75, 3.05) is 13.1 Å². The summed E-state index contributed by atoms with van der Waals surface area (Å²) in [6.45, 7) is 5.25. The summed E-state index contributed by atoms with van der Waals surface area (Å²) in [4.78, 5) is 15.5. The lowest BCUT2D eigenvalue weighted by molar-refractivity contribution is -0.143. The summed E-state index contributed by atoms with van der Waals surface area (Å²) >= 11 is 1.17. The predicted octanol–water partition coefficient (Wildman–Crippen LogP) is 2.99. The Morgan fingerprint density at radius 3 is 2.48 bits per heavy atom. The monoisotopic (exact) mass is 372 g/mol. The molecule has 2 aromatic heterocycles. The van der Waals surface area contributed by atoms with Gasteiger partial charge >= 0.3 is 6.18 Å². The molecule has 2 atom stereocenters. The molecule has 0 radical (unpaired) electrons. The largest absolute Gasteiger partial charge is 0.433 e. The second-order valence-corrected chi connectivity index (χ2v) is 7.46. The smallest absolute Gasteiger partial charge is 0.335 e. The van der Waals surface area contributed by atoms with Crippen LogP contribution in [0.15, 0.2) is 18.2 Å². The van der Waals surface area contributed by atoms with Gasteiger partial charge in [0.05, 0.1) is 9.75 Å². The average Bonchev–Trinajstić information content (AvgIpc) is 3.11. The van der Waals surface area contributed by atoms with Crippen molar-refractivity contribution in [3.8, 4) is 10.6 Å². The van der Waals surface area contributed by atoms with Gasteiger partial charge in [0.2, 0.25) is 0 Å². The van der Waals surface area contributed by atoms with E-state index < -0.39 is 11.9 Å². The molecule has 1 aliphatic heterocycles. The van der Waals surface area contributed by atoms with Crippen LogP contribution in [0.2, 0.25) is 0 Å². The number of aryl methyl sites for hydroxylation is 1. The summed E-state index contributed by atoms with van der Waals surface area (Å²) in [5.41, 5.74) is -0.588. The highest BCUT2D eigenvalue weighted by Gasteiger charge is 2.35. The van der Waals surface area contributed by atoms with Crippen molar-refractivity contribution < 1.29 is 18.0 Å². The standard InChI is InChI=1S/C16H19F3N4OS/c1-9-7-23(8-10(2)20-9)15(24)13-5-4-12(25-13)11-6-14(16(17,18)19)22(3)21-11/h4-6,9-10,20H,7-8H2,1-3H3/t9-,10+. The maximum Gasteiger partial charge on any atom is 0.433 e. The van der Waals surface area contributed by atoms with Gasteiger partial charge in [0.1, 0.15) is 11.4 Å². The first-order valence-electron chi connectivity index (χ1n) is 7.92. The van der Waals surface area contributed by atoms with Crippen molar-refractivity contribution >= 4 is 17.2 Å². The first-order chi connectivity index (χ1) is 11.6. The van der Waals surface area contributed by atoms with Gasteiger partial charge in [0.25, 0.3) is 5.91 Å². The number of halogens is 3. The molecule has 0 aromatic carbocycles. The fourth-order valence-electron chi connectivity index (χ4n) is 3.09. The molecule has 3 rings (SSSR count). The zero-order valence-electron chi connectivity index (χ0n) is 14.1. The fraction of sp³-hybridized carbons (Fsp3) is 0.500. The Morgan fingerprint density at radius 1 is 1.28 bits per heavy atom. The van der Waals surface area contributed by atoms with Gasteiger partial charge in [-0.25, -0.2) is 0 Å². The summed E-state index contributed by atoms with van der Waals surface area (Å²) in [6, 6.07) is 4.72. The van der Waals surface area contributed by atoms with Gasteiger partial charge in [0.15, 0.2) is 0 Å². The van der Waals surface area contributed by atoms with Crippen LogP contribution in [-0.4, -0.2) is 45.8 Å². The van der Waals surface area contributed by atoms with Crippen LogP contribution >= 0.6 is 11.3 Å². The van der Waals surface area contributed by atoms with Crippen LogP contribution in [0.4, 0.5) is 13.2 Å². The van der Waals surface area contributed by atoms with E-state index in [4.69, 9.17) is 0 Å². The molecular formula is C16H19F3N4OS. The number of alkyl halides is 3. The number of nitrogens with one attached hydrogen (secondary N) is 1. The number of hydrogen-bond acceptors (Lipinski definition) is 4. The van der Waals surface area contributed by atoms with Gasteiger partial charge in [-0.3, -0.25) is 9.48 Å². The molecule has 0 aliphatic carbocycles. The third-order valence-corrected chi connectivity index (χ3v) is 5.18. The second-order valence-electron chi connectivity index (χ2n) is 6.38. The Morgan fingerprint density at radius 2 is 1.92 bits per heavy atom. The molecule has 0 saturated carbocycles. The van der Waals surface area contributed by atoms with Crippen LogP contribution in [-0.2, 0) is 13.2 Å². The SMILES string of the molecule is C[C@@H]1CN(C(=O)c2ccc(-c3cc(C(F)(F)F)n(C)n3)s2)C[C@H](C)N1. The Kier molecular flexibility index (Phi) is 4.63. The minimum absolute atomic E-state index is 0.0941. The van der Waals surface area contributed by atoms with Crippen LogP contribution in [0.3, 0.4) is 0 Å². The van der Waals surface area contributed by atoms with Crippen LogP contribution in [0.5, 0.6) is 0 Å². The highest BCUT2D eigenvalue weighted by Crippen LogP contribution is 2.34. The van der Waals surface area contributed by atoms with Gasteiger partial charge in [-0.1, -0.05) is 0 Å². The number of carbonyl (C=O) groups is 1. The number of carbonyl (C=O) groups excluding carboxylic acids is 1. The molecule has 1 saturated heterocycles. The summed E-state index contributed by atoms with van der Waals surface area (Å²) in [7, 11) is 1.26. The van der Waals surface area contributed by atoms with E-state index in [1.54, 1.807) is 17.0 Å². The molecule has 3 heterocycles. The fourth-order valence-corrected chi connectivity index (χ4v) is 4.02. The number of hydrogen-bond donors (Lipinski definition) is 1. The van der Waals surface area contributed by atoms with E-state index in [0.717, 1.165) is 10.7 Å². The summed E-state index contributed by atoms with van der Waals surface area (Å²) in [5.74, 6) is -0.0941. The molecule has 1 N–H and O–H groups in total. The number of rotatable bonds is 2. The molecule has 0 spiro atoms. The molecular weight excluding hydrogens is 353 g/mol. The van der Waals surface area contributed by atoms with E-state index in [2.05, 4.69) is 10.4 Å². The Hall–Kier alpha value is -1.87. The summed E-state index contributed by atoms with van der Waals surface area (Å²) in [5, 5.41) is 7.29. The number of amides is 1. The Labute approximate surface area is 147 Å². The van der Waals surface area contributed by atoms with Gasteiger partial charge in [-0.05, 0) is 32.0 Å². The highest BCUT2D eigenvalue weighted by molar-refractivity contribution is 7.17. The molecule has 9 heteroatoms. The van der Waals surface area contributed by atoms with E-state index >= 15 is 0 Å². The topological polar surface area (TPSA) is 50.2 Å². The van der Waals surface area contributed by atoms with Crippen LogP contribution in [0, 0.1) is 0 Å². The lowest BCUT2D eigenvalue weighted by atomic mass is 10.1. The molecule has 1 fully saturated rings. The summed E-state index contributed by atoms with van der Waals surface area (Å²) < 4.78 is 39.5. The molecule has 5 nitrogen and oxygen atoms in total. The second kappa shape index (κ2) is 6.45. The number of thiophene rings is 1. The molecule has 0 bridgehead atoms. The van der Waals surface area contributed by atoms with Crippen LogP contribution in [0.25, 0.3) is 10.6 Å². The van der Waals surface area contributed by atoms with E-state index in [9.17, 15) is 18.0 Å². The minimum atomic E-state index is -4.46. The maximum atomic E-state index is 12.9. The lowest BCUT2D eigenvalue weighted by Crippen LogP contribution is -2.55. The van der Waals surface area contributed by atoms with Gasteiger partial charge in [0, 0.05) is 32.2 Å². The molecule has 25 heavy (non-hydrogen) atoms. The van der Waals surface area contributed by atoms with Crippen molar-refractivity contribution in [2.24, 2.45) is 7.05 Å². The maximum absolute atomic E-state index is 12.9. The predicted molar refractivity (Wildman–Crippen MR) is 89.5 cm³/mol. The number of nitrogens with zero attached hydrogens (tertiary/aromatic N) is 3. The quantitative estimate of drug-likeness (QED) is 0.882. The third kappa shape index (κ3) is 3.72. The van der Waals surface area contributed by atoms with E-state index in [1.165, 1.54) is 18.4 Å². The molecule has 2 aromatic rings.